The molecule has 0 amide bonds. The summed E-state index contributed by atoms with van der Waals surface area (Å²) in [5.74, 6) is 0. The normalized spacial score (nSPS) is 45.0. The smallest absolute Gasteiger partial charge is 0.155 e. The molecule has 3 atom stereocenters. The zero-order valence-corrected chi connectivity index (χ0v) is 5.45. The largest absolute Gasteiger partial charge is 0.390 e. The summed E-state index contributed by atoms with van der Waals surface area (Å²) >= 11 is 0. The summed E-state index contributed by atoms with van der Waals surface area (Å²) in [7, 11) is 0. The van der Waals surface area contributed by atoms with Gasteiger partial charge in [0.05, 0.1) is 12.2 Å². The quantitative estimate of drug-likeness (QED) is 0.482. The fourth-order valence-corrected chi connectivity index (χ4v) is 0.955. The standard InChI is InChI=1S/C6H12O3/c1-4-5(7)2-3-6(8)9-4/h4-8H,2-3H2,1H3/t4?,5?,6-/m0/s1. The highest BCUT2D eigenvalue weighted by molar-refractivity contribution is 4.69. The van der Waals surface area contributed by atoms with Crippen LogP contribution in [0.3, 0.4) is 0 Å². The Morgan fingerprint density at radius 1 is 1.33 bits per heavy atom. The Morgan fingerprint density at radius 2 is 2.00 bits per heavy atom. The summed E-state index contributed by atoms with van der Waals surface area (Å²) in [6.07, 6.45) is -0.0843. The molecule has 9 heavy (non-hydrogen) atoms. The summed E-state index contributed by atoms with van der Waals surface area (Å²) in [5, 5.41) is 17.9. The summed E-state index contributed by atoms with van der Waals surface area (Å²) in [6, 6.07) is 0. The Hall–Kier alpha value is -0.120. The molecule has 0 saturated carbocycles. The number of aliphatic hydroxyl groups is 2. The second-order valence-corrected chi connectivity index (χ2v) is 2.44. The van der Waals surface area contributed by atoms with Crippen LogP contribution in [-0.4, -0.2) is 28.7 Å². The van der Waals surface area contributed by atoms with Crippen LogP contribution in [0.1, 0.15) is 19.8 Å². The van der Waals surface area contributed by atoms with Gasteiger partial charge < -0.3 is 14.9 Å². The molecule has 0 bridgehead atoms. The van der Waals surface area contributed by atoms with E-state index in [9.17, 15) is 0 Å². The van der Waals surface area contributed by atoms with Crippen LogP contribution in [-0.2, 0) is 4.74 Å². The minimum absolute atomic E-state index is 0.214. The second kappa shape index (κ2) is 2.64. The number of hydrogen-bond acceptors (Lipinski definition) is 3. The zero-order chi connectivity index (χ0) is 6.85. The molecule has 0 radical (unpaired) electrons. The molecule has 1 aliphatic rings. The fourth-order valence-electron chi connectivity index (χ4n) is 0.955. The van der Waals surface area contributed by atoms with Crippen LogP contribution in [0.4, 0.5) is 0 Å². The Kier molecular flexibility index (Phi) is 2.05. The lowest BCUT2D eigenvalue weighted by Crippen LogP contribution is -2.36. The molecule has 1 saturated heterocycles. The van der Waals surface area contributed by atoms with Crippen molar-refractivity contribution < 1.29 is 14.9 Å². The molecular weight excluding hydrogens is 120 g/mol. The van der Waals surface area contributed by atoms with Crippen molar-refractivity contribution in [3.8, 4) is 0 Å². The predicted molar refractivity (Wildman–Crippen MR) is 31.8 cm³/mol. The molecule has 2 unspecified atom stereocenters. The maximum atomic E-state index is 9.06. The first kappa shape index (κ1) is 6.99. The molecule has 2 N–H and O–H groups in total. The van der Waals surface area contributed by atoms with Gasteiger partial charge in [0, 0.05) is 6.42 Å². The van der Waals surface area contributed by atoms with Gasteiger partial charge in [-0.15, -0.1) is 0 Å². The van der Waals surface area contributed by atoms with Gasteiger partial charge in [-0.05, 0) is 13.3 Å². The maximum Gasteiger partial charge on any atom is 0.155 e. The molecule has 0 aromatic carbocycles. The van der Waals surface area contributed by atoms with E-state index in [-0.39, 0.29) is 6.10 Å². The van der Waals surface area contributed by atoms with E-state index >= 15 is 0 Å². The van der Waals surface area contributed by atoms with Gasteiger partial charge in [-0.1, -0.05) is 0 Å². The third-order valence-electron chi connectivity index (χ3n) is 1.62. The molecule has 0 aromatic heterocycles. The Balaban J connectivity index is 2.35. The number of aliphatic hydroxyl groups excluding tert-OH is 2. The van der Waals surface area contributed by atoms with Gasteiger partial charge in [-0.3, -0.25) is 0 Å². The fraction of sp³-hybridized carbons (Fsp3) is 1.00. The number of hydrogen-bond donors (Lipinski definition) is 2. The van der Waals surface area contributed by atoms with Crippen LogP contribution in [0.15, 0.2) is 0 Å². The first-order valence-corrected chi connectivity index (χ1v) is 3.21. The maximum absolute atomic E-state index is 9.06. The minimum atomic E-state index is -0.664. The Bertz CT molecular complexity index is 94.3. The zero-order valence-electron chi connectivity index (χ0n) is 5.45. The average molecular weight is 132 g/mol. The molecule has 0 aliphatic carbocycles. The highest BCUT2D eigenvalue weighted by Gasteiger charge is 2.24. The summed E-state index contributed by atoms with van der Waals surface area (Å²) in [6.45, 7) is 1.76. The Labute approximate surface area is 54.3 Å². The van der Waals surface area contributed by atoms with Crippen LogP contribution >= 0.6 is 0 Å². The van der Waals surface area contributed by atoms with E-state index in [1.807, 2.05) is 0 Å². The van der Waals surface area contributed by atoms with Crippen LogP contribution in [0, 0.1) is 0 Å². The summed E-state index contributed by atoms with van der Waals surface area (Å²) < 4.78 is 4.90. The van der Waals surface area contributed by atoms with Crippen LogP contribution in [0.5, 0.6) is 0 Å². The molecule has 54 valence electrons. The van der Waals surface area contributed by atoms with E-state index in [1.54, 1.807) is 6.92 Å². The van der Waals surface area contributed by atoms with Gasteiger partial charge in [0.15, 0.2) is 6.29 Å². The monoisotopic (exact) mass is 132 g/mol. The predicted octanol–water partition coefficient (Wildman–Crippen LogP) is -0.135. The van der Waals surface area contributed by atoms with Crippen LogP contribution < -0.4 is 0 Å². The highest BCUT2D eigenvalue weighted by atomic mass is 16.6. The van der Waals surface area contributed by atoms with Crippen molar-refractivity contribution in [3.05, 3.63) is 0 Å². The SMILES string of the molecule is CC1O[C@H](O)CCC1O. The minimum Gasteiger partial charge on any atom is -0.390 e. The second-order valence-electron chi connectivity index (χ2n) is 2.44. The summed E-state index contributed by atoms with van der Waals surface area (Å²) in [5.41, 5.74) is 0. The van der Waals surface area contributed by atoms with E-state index < -0.39 is 12.4 Å². The molecule has 1 heterocycles. The van der Waals surface area contributed by atoms with Gasteiger partial charge in [0.2, 0.25) is 0 Å². The van der Waals surface area contributed by atoms with E-state index in [4.69, 9.17) is 14.9 Å². The van der Waals surface area contributed by atoms with E-state index in [0.29, 0.717) is 12.8 Å². The lowest BCUT2D eigenvalue weighted by atomic mass is 10.1. The molecule has 3 nitrogen and oxygen atoms in total. The molecular formula is C6H12O3. The van der Waals surface area contributed by atoms with Gasteiger partial charge in [-0.25, -0.2) is 0 Å². The van der Waals surface area contributed by atoms with Gasteiger partial charge in [0.1, 0.15) is 0 Å². The third-order valence-corrected chi connectivity index (χ3v) is 1.62. The number of rotatable bonds is 0. The van der Waals surface area contributed by atoms with Crippen molar-refractivity contribution in [2.24, 2.45) is 0 Å². The van der Waals surface area contributed by atoms with Crippen molar-refractivity contribution in [1.82, 2.24) is 0 Å². The average Bonchev–Trinajstić information content (AvgIpc) is 1.80. The lowest BCUT2D eigenvalue weighted by molar-refractivity contribution is -0.192. The first-order valence-electron chi connectivity index (χ1n) is 3.21. The Morgan fingerprint density at radius 3 is 2.44 bits per heavy atom. The highest BCUT2D eigenvalue weighted by Crippen LogP contribution is 2.16. The van der Waals surface area contributed by atoms with Crippen molar-refractivity contribution in [2.75, 3.05) is 0 Å². The molecule has 1 fully saturated rings. The van der Waals surface area contributed by atoms with Gasteiger partial charge >= 0.3 is 0 Å². The van der Waals surface area contributed by atoms with Crippen LogP contribution in [0.25, 0.3) is 0 Å². The molecule has 1 rings (SSSR count). The van der Waals surface area contributed by atoms with Gasteiger partial charge in [-0.2, -0.15) is 0 Å². The first-order chi connectivity index (χ1) is 4.20. The van der Waals surface area contributed by atoms with Crippen molar-refractivity contribution in [2.45, 2.75) is 38.3 Å². The number of ether oxygens (including phenoxy) is 1. The van der Waals surface area contributed by atoms with E-state index in [1.165, 1.54) is 0 Å². The molecule has 3 heteroatoms. The van der Waals surface area contributed by atoms with Gasteiger partial charge in [0.25, 0.3) is 0 Å². The van der Waals surface area contributed by atoms with E-state index in [2.05, 4.69) is 0 Å². The van der Waals surface area contributed by atoms with Crippen molar-refractivity contribution in [3.63, 3.8) is 0 Å². The molecule has 1 aliphatic heterocycles. The molecule has 0 spiro atoms. The molecule has 0 aromatic rings. The lowest BCUT2D eigenvalue weighted by Gasteiger charge is -2.28. The van der Waals surface area contributed by atoms with Crippen LogP contribution in [0.2, 0.25) is 0 Å². The van der Waals surface area contributed by atoms with Crippen molar-refractivity contribution >= 4 is 0 Å². The topological polar surface area (TPSA) is 49.7 Å². The van der Waals surface area contributed by atoms with E-state index in [0.717, 1.165) is 0 Å². The summed E-state index contributed by atoms with van der Waals surface area (Å²) in [4.78, 5) is 0. The third kappa shape index (κ3) is 1.64. The van der Waals surface area contributed by atoms with Crippen molar-refractivity contribution in [1.29, 1.82) is 0 Å².